The number of fused-ring (bicyclic) bond motifs is 1. The summed E-state index contributed by atoms with van der Waals surface area (Å²) in [7, 11) is -2.67. The van der Waals surface area contributed by atoms with Crippen molar-refractivity contribution in [3.63, 3.8) is 0 Å². The van der Waals surface area contributed by atoms with Gasteiger partial charge in [0.1, 0.15) is 0 Å². The Kier molecular flexibility index (Phi) is 4.25. The molecule has 0 aliphatic carbocycles. The molecule has 1 fully saturated rings. The average Bonchev–Trinajstić information content (AvgIpc) is 2.89. The number of carbonyl (C=O) groups excluding carboxylic acids is 2. The van der Waals surface area contributed by atoms with E-state index in [-0.39, 0.29) is 28.4 Å². The molecule has 7 nitrogen and oxygen atoms in total. The minimum Gasteiger partial charge on any atom is -0.467 e. The average molecular weight is 349 g/mol. The van der Waals surface area contributed by atoms with Crippen molar-refractivity contribution in [2.24, 2.45) is 5.92 Å². The Morgan fingerprint density at radius 3 is 2.50 bits per heavy atom. The van der Waals surface area contributed by atoms with Gasteiger partial charge in [-0.2, -0.15) is 8.42 Å². The van der Waals surface area contributed by atoms with E-state index >= 15 is 0 Å². The minimum atomic E-state index is -3.87. The zero-order chi connectivity index (χ0) is 16.9. The summed E-state index contributed by atoms with van der Waals surface area (Å²) >= 11 is 1.42. The Bertz CT molecular complexity index is 653. The van der Waals surface area contributed by atoms with Gasteiger partial charge in [-0.3, -0.25) is 4.79 Å². The van der Waals surface area contributed by atoms with E-state index in [9.17, 15) is 18.0 Å². The third kappa shape index (κ3) is 2.40. The third-order valence-corrected chi connectivity index (χ3v) is 5.86. The number of amides is 1. The first kappa shape index (κ1) is 17.1. The lowest BCUT2D eigenvalue weighted by molar-refractivity contribution is -0.156. The number of hydrogen-bond donors (Lipinski definition) is 0. The molecule has 22 heavy (non-hydrogen) atoms. The van der Waals surface area contributed by atoms with Gasteiger partial charge in [-0.15, -0.1) is 11.8 Å². The zero-order valence-corrected chi connectivity index (χ0v) is 14.7. The maximum atomic E-state index is 12.6. The maximum Gasteiger partial charge on any atom is 0.340 e. The molecule has 0 spiro atoms. The zero-order valence-electron chi connectivity index (χ0n) is 13.1. The van der Waals surface area contributed by atoms with Crippen molar-refractivity contribution in [2.45, 2.75) is 31.7 Å². The Hall–Kier alpha value is -1.22. The van der Waals surface area contributed by atoms with Crippen molar-refractivity contribution in [3.05, 3.63) is 11.3 Å². The van der Waals surface area contributed by atoms with Crippen LogP contribution in [0.4, 0.5) is 0 Å². The number of thioether (sulfide) groups is 1. The minimum absolute atomic E-state index is 0.0888. The predicted molar refractivity (Wildman–Crippen MR) is 81.3 cm³/mol. The summed E-state index contributed by atoms with van der Waals surface area (Å²) in [5.41, 5.74) is -1.37. The molecular weight excluding hydrogens is 330 g/mol. The summed E-state index contributed by atoms with van der Waals surface area (Å²) in [5, 5.41) is -0.248. The van der Waals surface area contributed by atoms with E-state index in [1.807, 2.05) is 13.8 Å². The number of hydrogen-bond acceptors (Lipinski definition) is 7. The Labute approximate surface area is 134 Å². The number of carbonyl (C=O) groups is 2. The molecule has 2 rings (SSSR count). The number of ether oxygens (including phenoxy) is 1. The molecule has 0 aromatic heterocycles. The molecule has 2 aliphatic heterocycles. The first-order chi connectivity index (χ1) is 10.1. The van der Waals surface area contributed by atoms with Crippen LogP contribution in [0.3, 0.4) is 0 Å². The van der Waals surface area contributed by atoms with Crippen LogP contribution in [-0.4, -0.2) is 55.2 Å². The standard InChI is InChI=1S/C13H19NO6S2/c1-7(2)11-14-10(15)8(3)9(20-22(5,17)18)13(14,6-21-11)12(16)19-4/h7,11H,6H2,1-5H3/t11-,13-/m1/s1. The lowest BCUT2D eigenvalue weighted by Gasteiger charge is -2.34. The summed E-state index contributed by atoms with van der Waals surface area (Å²) in [6.07, 6.45) is 0.882. The highest BCUT2D eigenvalue weighted by molar-refractivity contribution is 8.00. The molecule has 0 unspecified atom stereocenters. The fourth-order valence-corrected chi connectivity index (χ4v) is 4.99. The molecule has 0 aromatic rings. The van der Waals surface area contributed by atoms with Crippen LogP contribution < -0.4 is 0 Å². The van der Waals surface area contributed by atoms with Crippen molar-refractivity contribution in [2.75, 3.05) is 19.1 Å². The van der Waals surface area contributed by atoms with Crippen molar-refractivity contribution < 1.29 is 26.9 Å². The topological polar surface area (TPSA) is 90.0 Å². The molecule has 0 aromatic carbocycles. The van der Waals surface area contributed by atoms with Crippen LogP contribution in [0.5, 0.6) is 0 Å². The van der Waals surface area contributed by atoms with E-state index in [2.05, 4.69) is 0 Å². The molecule has 0 saturated carbocycles. The molecule has 9 heteroatoms. The highest BCUT2D eigenvalue weighted by Crippen LogP contribution is 2.50. The largest absolute Gasteiger partial charge is 0.467 e. The molecular formula is C13H19NO6S2. The van der Waals surface area contributed by atoms with Crippen LogP contribution in [0.1, 0.15) is 20.8 Å². The van der Waals surface area contributed by atoms with Gasteiger partial charge in [0.05, 0.1) is 24.3 Å². The van der Waals surface area contributed by atoms with Crippen LogP contribution in [0.15, 0.2) is 11.3 Å². The van der Waals surface area contributed by atoms with E-state index in [0.717, 1.165) is 6.26 Å². The Balaban J connectivity index is 2.62. The summed E-state index contributed by atoms with van der Waals surface area (Å²) in [6.45, 7) is 5.33. The predicted octanol–water partition coefficient (Wildman–Crippen LogP) is 0.719. The van der Waals surface area contributed by atoms with Crippen LogP contribution in [0, 0.1) is 5.92 Å². The van der Waals surface area contributed by atoms with E-state index < -0.39 is 27.5 Å². The maximum absolute atomic E-state index is 12.6. The van der Waals surface area contributed by atoms with Gasteiger partial charge in [-0.25, -0.2) is 4.79 Å². The van der Waals surface area contributed by atoms with Gasteiger partial charge < -0.3 is 13.8 Å². The fourth-order valence-electron chi connectivity index (χ4n) is 2.81. The van der Waals surface area contributed by atoms with E-state index in [0.29, 0.717) is 0 Å². The monoisotopic (exact) mass is 349 g/mol. The fraction of sp³-hybridized carbons (Fsp3) is 0.692. The van der Waals surface area contributed by atoms with Gasteiger partial charge in [-0.05, 0) is 12.8 Å². The summed E-state index contributed by atoms with van der Waals surface area (Å²) in [4.78, 5) is 26.4. The highest BCUT2D eigenvalue weighted by atomic mass is 32.2. The van der Waals surface area contributed by atoms with E-state index in [4.69, 9.17) is 8.92 Å². The van der Waals surface area contributed by atoms with Crippen molar-refractivity contribution >= 4 is 33.8 Å². The Morgan fingerprint density at radius 1 is 1.45 bits per heavy atom. The van der Waals surface area contributed by atoms with Gasteiger partial charge in [0.25, 0.3) is 5.91 Å². The molecule has 1 amide bonds. The first-order valence-electron chi connectivity index (χ1n) is 6.70. The normalized spacial score (nSPS) is 28.4. The molecule has 0 radical (unpaired) electrons. The number of methoxy groups -OCH3 is 1. The third-order valence-electron chi connectivity index (χ3n) is 3.71. The second kappa shape index (κ2) is 5.45. The van der Waals surface area contributed by atoms with Crippen molar-refractivity contribution in [1.82, 2.24) is 4.90 Å². The smallest absolute Gasteiger partial charge is 0.340 e. The molecule has 124 valence electrons. The summed E-state index contributed by atoms with van der Waals surface area (Å²) < 4.78 is 33.0. The second-order valence-electron chi connectivity index (χ2n) is 5.71. The number of esters is 1. The number of rotatable bonds is 4. The van der Waals surface area contributed by atoms with Crippen LogP contribution in [0.2, 0.25) is 0 Å². The molecule has 2 heterocycles. The number of nitrogens with zero attached hydrogens (tertiary/aromatic N) is 1. The lowest BCUT2D eigenvalue weighted by atomic mass is 9.98. The van der Waals surface area contributed by atoms with Gasteiger partial charge in [-0.1, -0.05) is 13.8 Å². The molecule has 2 aliphatic rings. The molecule has 2 atom stereocenters. The van der Waals surface area contributed by atoms with Crippen molar-refractivity contribution in [1.29, 1.82) is 0 Å². The van der Waals surface area contributed by atoms with Crippen molar-refractivity contribution in [3.8, 4) is 0 Å². The Morgan fingerprint density at radius 2 is 2.05 bits per heavy atom. The summed E-state index contributed by atoms with van der Waals surface area (Å²) in [5.74, 6) is -0.927. The van der Waals surface area contributed by atoms with Gasteiger partial charge >= 0.3 is 16.1 Å². The molecule has 0 bridgehead atoms. The quantitative estimate of drug-likeness (QED) is 0.545. The van der Waals surface area contributed by atoms with Crippen LogP contribution in [-0.2, 0) is 28.6 Å². The van der Waals surface area contributed by atoms with Gasteiger partial charge in [0, 0.05) is 5.75 Å². The van der Waals surface area contributed by atoms with Gasteiger partial charge in [0.15, 0.2) is 5.76 Å². The van der Waals surface area contributed by atoms with Gasteiger partial charge in [0.2, 0.25) is 5.54 Å². The highest BCUT2D eigenvalue weighted by Gasteiger charge is 2.65. The lowest BCUT2D eigenvalue weighted by Crippen LogP contribution is -2.56. The second-order valence-corrected chi connectivity index (χ2v) is 8.39. The SMILES string of the molecule is COC(=O)[C@]12CS[C@H](C(C)C)N1C(=O)C(C)=C2OS(C)(=O)=O. The first-order valence-corrected chi connectivity index (χ1v) is 9.57. The van der Waals surface area contributed by atoms with Crippen LogP contribution in [0.25, 0.3) is 0 Å². The molecule has 0 N–H and O–H groups in total. The van der Waals surface area contributed by atoms with Crippen LogP contribution >= 0.6 is 11.8 Å². The summed E-state index contributed by atoms with van der Waals surface area (Å²) in [6, 6.07) is 0. The van der Waals surface area contributed by atoms with E-state index in [1.165, 1.54) is 30.7 Å². The molecule has 1 saturated heterocycles. The van der Waals surface area contributed by atoms with E-state index in [1.54, 1.807) is 0 Å².